The molecule has 2 N–H and O–H groups in total. The first-order chi connectivity index (χ1) is 10.0. The van der Waals surface area contributed by atoms with Crippen molar-refractivity contribution in [3.63, 3.8) is 0 Å². The first-order valence-electron chi connectivity index (χ1n) is 6.19. The van der Waals surface area contributed by atoms with Crippen LogP contribution in [0.1, 0.15) is 12.5 Å². The molecule has 0 bridgehead atoms. The second-order valence-electron chi connectivity index (χ2n) is 4.13. The number of benzene rings is 1. The van der Waals surface area contributed by atoms with Crippen LogP contribution >= 0.6 is 23.7 Å². The highest BCUT2D eigenvalue weighted by atomic mass is 32.2. The Hall–Kier alpha value is -1.47. The van der Waals surface area contributed by atoms with E-state index in [0.29, 0.717) is 11.7 Å². The Morgan fingerprint density at radius 3 is 2.62 bits per heavy atom. The molecule has 0 saturated heterocycles. The van der Waals surface area contributed by atoms with Crippen LogP contribution in [0.4, 0.5) is 4.39 Å². The molecule has 1 rings (SSSR count). The molecule has 0 aliphatic carbocycles. The highest BCUT2D eigenvalue weighted by Crippen LogP contribution is 2.13. The molecule has 0 aliphatic rings. The van der Waals surface area contributed by atoms with Gasteiger partial charge in [-0.05, 0) is 29.5 Å². The van der Waals surface area contributed by atoms with Crippen LogP contribution in [0, 0.1) is 5.82 Å². The monoisotopic (exact) mass is 327 g/mol. The van der Waals surface area contributed by atoms with Crippen LogP contribution in [0.3, 0.4) is 0 Å². The number of rotatable bonds is 6. The van der Waals surface area contributed by atoms with Crippen LogP contribution in [0.15, 0.2) is 40.7 Å². The first-order valence-corrected chi connectivity index (χ1v) is 8.23. The van der Waals surface area contributed by atoms with E-state index in [0.717, 1.165) is 10.5 Å². The summed E-state index contributed by atoms with van der Waals surface area (Å²) in [5.74, 6) is -0.427. The van der Waals surface area contributed by atoms with E-state index in [4.69, 9.17) is 0 Å². The van der Waals surface area contributed by atoms with Gasteiger partial charge < -0.3 is 5.32 Å². The maximum absolute atomic E-state index is 12.8. The summed E-state index contributed by atoms with van der Waals surface area (Å²) in [5, 5.41) is 3.74. The van der Waals surface area contributed by atoms with Crippen molar-refractivity contribution in [1.82, 2.24) is 10.0 Å². The van der Waals surface area contributed by atoms with Gasteiger partial charge in [-0.15, -0.1) is 0 Å². The quantitative estimate of drug-likeness (QED) is 0.479. The molecule has 0 radical (unpaired) electrons. The smallest absolute Gasteiger partial charge is 0.251 e. The van der Waals surface area contributed by atoms with Gasteiger partial charge in [0.2, 0.25) is 0 Å². The molecule has 1 aromatic rings. The lowest BCUT2D eigenvalue weighted by Gasteiger charge is -2.09. The summed E-state index contributed by atoms with van der Waals surface area (Å²) in [7, 11) is 0. The number of amides is 1. The lowest BCUT2D eigenvalue weighted by atomic mass is 10.2. The van der Waals surface area contributed by atoms with E-state index < -0.39 is 0 Å². The highest BCUT2D eigenvalue weighted by Gasteiger charge is 2.04. The number of nitrogens with zero attached hydrogens (tertiary/aromatic N) is 1. The van der Waals surface area contributed by atoms with Crippen LogP contribution in [-0.4, -0.2) is 23.9 Å². The number of aliphatic imine (C=N–C) groups is 1. The largest absolute Gasteiger partial charge is 0.361 e. The van der Waals surface area contributed by atoms with Crippen molar-refractivity contribution in [2.45, 2.75) is 13.5 Å². The van der Waals surface area contributed by atoms with Gasteiger partial charge in [0.05, 0.1) is 0 Å². The van der Waals surface area contributed by atoms with E-state index in [-0.39, 0.29) is 18.3 Å². The lowest BCUT2D eigenvalue weighted by Crippen LogP contribution is -2.24. The maximum Gasteiger partial charge on any atom is 0.251 e. The standard InChI is InChI=1S/C14H18FN3OS2/c1-10(2)21-14(17-9-13(19)18-20-3)16-8-11-4-6-12(15)7-5-11/h4-7H,1,8-9H2,2-3H3,(H,16,17)(H,18,19). The Morgan fingerprint density at radius 1 is 1.38 bits per heavy atom. The number of allylic oxidation sites excluding steroid dienone is 1. The Kier molecular flexibility index (Phi) is 7.92. The fourth-order valence-electron chi connectivity index (χ4n) is 1.36. The minimum absolute atomic E-state index is 0.0485. The molecule has 0 saturated carbocycles. The fourth-order valence-corrected chi connectivity index (χ4v) is 2.25. The van der Waals surface area contributed by atoms with Crippen LogP contribution in [0.25, 0.3) is 0 Å². The number of thioether (sulfide) groups is 1. The molecule has 1 amide bonds. The molecule has 0 heterocycles. The molecule has 114 valence electrons. The van der Waals surface area contributed by atoms with Crippen molar-refractivity contribution in [2.75, 3.05) is 12.8 Å². The molecular formula is C14H18FN3OS2. The Labute approximate surface area is 132 Å². The third-order valence-electron chi connectivity index (χ3n) is 2.21. The van der Waals surface area contributed by atoms with Gasteiger partial charge in [-0.2, -0.15) is 0 Å². The predicted molar refractivity (Wildman–Crippen MR) is 89.6 cm³/mol. The van der Waals surface area contributed by atoms with Crippen molar-refractivity contribution in [3.8, 4) is 0 Å². The molecule has 0 atom stereocenters. The number of halogens is 1. The van der Waals surface area contributed by atoms with Crippen molar-refractivity contribution in [3.05, 3.63) is 47.1 Å². The number of hydrogen-bond acceptors (Lipinski definition) is 4. The van der Waals surface area contributed by atoms with Crippen molar-refractivity contribution in [1.29, 1.82) is 0 Å². The second-order valence-corrected chi connectivity index (χ2v) is 6.03. The van der Waals surface area contributed by atoms with Gasteiger partial charge in [-0.3, -0.25) is 14.5 Å². The molecule has 0 aliphatic heterocycles. The summed E-state index contributed by atoms with van der Waals surface area (Å²) in [5.41, 5.74) is 0.931. The summed E-state index contributed by atoms with van der Waals surface area (Å²) < 4.78 is 15.4. The molecule has 4 nitrogen and oxygen atoms in total. The minimum atomic E-state index is -0.266. The summed E-state index contributed by atoms with van der Waals surface area (Å²) in [6, 6.07) is 6.22. The maximum atomic E-state index is 12.8. The zero-order valence-corrected chi connectivity index (χ0v) is 13.6. The van der Waals surface area contributed by atoms with Crippen molar-refractivity contribution < 1.29 is 9.18 Å². The van der Waals surface area contributed by atoms with Gasteiger partial charge in [0.25, 0.3) is 5.91 Å². The number of hydrogen-bond donors (Lipinski definition) is 2. The van der Waals surface area contributed by atoms with E-state index in [2.05, 4.69) is 21.6 Å². The molecule has 0 spiro atoms. The molecule has 0 aromatic heterocycles. The molecule has 7 heteroatoms. The molecule has 0 fully saturated rings. The fraction of sp³-hybridized carbons (Fsp3) is 0.286. The molecular weight excluding hydrogens is 309 g/mol. The summed E-state index contributed by atoms with van der Waals surface area (Å²) in [6.07, 6.45) is 1.78. The van der Waals surface area contributed by atoms with E-state index in [1.807, 2.05) is 6.92 Å². The Balaban J connectivity index is 2.60. The number of carbonyl (C=O) groups excluding carboxylic acids is 1. The van der Waals surface area contributed by atoms with Crippen LogP contribution < -0.4 is 10.0 Å². The first kappa shape index (κ1) is 17.6. The zero-order valence-electron chi connectivity index (χ0n) is 12.0. The minimum Gasteiger partial charge on any atom is -0.361 e. The summed E-state index contributed by atoms with van der Waals surface area (Å²) >= 11 is 2.60. The van der Waals surface area contributed by atoms with Crippen molar-refractivity contribution >= 4 is 34.8 Å². The van der Waals surface area contributed by atoms with E-state index in [1.165, 1.54) is 35.8 Å². The average Bonchev–Trinajstić information content (AvgIpc) is 2.43. The highest BCUT2D eigenvalue weighted by molar-refractivity contribution is 8.17. The Morgan fingerprint density at radius 2 is 2.05 bits per heavy atom. The number of carbonyl (C=O) groups is 1. The van der Waals surface area contributed by atoms with Crippen LogP contribution in [0.5, 0.6) is 0 Å². The average molecular weight is 327 g/mol. The Bertz CT molecular complexity index is 517. The van der Waals surface area contributed by atoms with Crippen LogP contribution in [-0.2, 0) is 11.3 Å². The van der Waals surface area contributed by atoms with Gasteiger partial charge in [0.1, 0.15) is 12.4 Å². The molecule has 1 aromatic carbocycles. The number of amidine groups is 1. The second kappa shape index (κ2) is 9.46. The van der Waals surface area contributed by atoms with E-state index in [9.17, 15) is 9.18 Å². The van der Waals surface area contributed by atoms with Crippen molar-refractivity contribution in [2.24, 2.45) is 4.99 Å². The zero-order chi connectivity index (χ0) is 15.7. The van der Waals surface area contributed by atoms with E-state index in [1.54, 1.807) is 18.4 Å². The van der Waals surface area contributed by atoms with Gasteiger partial charge in [-0.1, -0.05) is 42.4 Å². The normalized spacial score (nSPS) is 11.1. The van der Waals surface area contributed by atoms with Gasteiger partial charge in [0, 0.05) is 12.8 Å². The van der Waals surface area contributed by atoms with E-state index >= 15 is 0 Å². The number of nitrogens with one attached hydrogen (secondary N) is 2. The lowest BCUT2D eigenvalue weighted by molar-refractivity contribution is -0.117. The molecule has 0 unspecified atom stereocenters. The molecule has 21 heavy (non-hydrogen) atoms. The van der Waals surface area contributed by atoms with Gasteiger partial charge in [0.15, 0.2) is 5.17 Å². The summed E-state index contributed by atoms with van der Waals surface area (Å²) in [4.78, 5) is 16.5. The SMILES string of the molecule is C=C(C)S/C(=N\CC(=O)NSC)NCc1ccc(F)cc1. The third-order valence-corrected chi connectivity index (χ3v) is 3.46. The third kappa shape index (κ3) is 7.77. The topological polar surface area (TPSA) is 53.5 Å². The van der Waals surface area contributed by atoms with Gasteiger partial charge >= 0.3 is 0 Å². The van der Waals surface area contributed by atoms with Crippen LogP contribution in [0.2, 0.25) is 0 Å². The predicted octanol–water partition coefficient (Wildman–Crippen LogP) is 2.93. The summed E-state index contributed by atoms with van der Waals surface area (Å²) in [6.45, 7) is 6.23. The van der Waals surface area contributed by atoms with Gasteiger partial charge in [-0.25, -0.2) is 4.39 Å².